The highest BCUT2D eigenvalue weighted by molar-refractivity contribution is 7.80. The maximum Gasteiger partial charge on any atom is 0.230 e. The first-order valence-electron chi connectivity index (χ1n) is 13.8. The molecule has 0 aliphatic rings. The number of hydrogen-bond donors (Lipinski definition) is 3. The SMILES string of the molecule is COC[C@H](C)NCc1ccc(-c2cc3nccc(Oc4ccc(NC(=S)NC(=O)Cc5ccc(F)cc5)cc4F)c3s2)cc1. The molecule has 5 rings (SSSR count). The normalized spacial score (nSPS) is 11.7. The van der Waals surface area contributed by atoms with E-state index in [0.717, 1.165) is 27.2 Å². The van der Waals surface area contributed by atoms with Crippen LogP contribution in [0.4, 0.5) is 14.5 Å². The van der Waals surface area contributed by atoms with E-state index in [2.05, 4.69) is 52.1 Å². The molecule has 2 aromatic heterocycles. The van der Waals surface area contributed by atoms with Gasteiger partial charge in [0.15, 0.2) is 16.7 Å². The maximum atomic E-state index is 15.1. The monoisotopic (exact) mass is 632 g/mol. The third-order valence-electron chi connectivity index (χ3n) is 6.63. The average Bonchev–Trinajstić information content (AvgIpc) is 3.44. The summed E-state index contributed by atoms with van der Waals surface area (Å²) in [5.74, 6) is -0.854. The van der Waals surface area contributed by atoms with Crippen LogP contribution < -0.4 is 20.7 Å². The second-order valence-corrected chi connectivity index (χ2v) is 11.6. The molecule has 44 heavy (non-hydrogen) atoms. The number of fused-ring (bicyclic) bond motifs is 1. The van der Waals surface area contributed by atoms with E-state index in [9.17, 15) is 9.18 Å². The quantitative estimate of drug-likeness (QED) is 0.133. The van der Waals surface area contributed by atoms with Crippen molar-refractivity contribution in [1.29, 1.82) is 0 Å². The number of carbonyl (C=O) groups is 1. The molecule has 1 atom stereocenters. The predicted octanol–water partition coefficient (Wildman–Crippen LogP) is 7.21. The number of thiophene rings is 1. The Morgan fingerprint density at radius 3 is 2.45 bits per heavy atom. The molecule has 0 aliphatic heterocycles. The number of rotatable bonds is 11. The summed E-state index contributed by atoms with van der Waals surface area (Å²) in [7, 11) is 1.69. The molecule has 1 amide bonds. The lowest BCUT2D eigenvalue weighted by Crippen LogP contribution is -2.35. The zero-order valence-electron chi connectivity index (χ0n) is 24.0. The average molecular weight is 633 g/mol. The molecular formula is C33H30F2N4O3S2. The molecule has 3 N–H and O–H groups in total. The van der Waals surface area contributed by atoms with Crippen LogP contribution in [0.5, 0.6) is 11.5 Å². The van der Waals surface area contributed by atoms with Gasteiger partial charge in [-0.1, -0.05) is 36.4 Å². The minimum absolute atomic E-state index is 0.0112. The number of thiocarbonyl (C=S) groups is 1. The van der Waals surface area contributed by atoms with Gasteiger partial charge in [-0.15, -0.1) is 11.3 Å². The van der Waals surface area contributed by atoms with E-state index in [1.807, 2.05) is 6.07 Å². The number of methoxy groups -OCH3 is 1. The van der Waals surface area contributed by atoms with Crippen LogP contribution in [-0.2, 0) is 22.5 Å². The molecule has 0 saturated heterocycles. The molecule has 0 saturated carbocycles. The highest BCUT2D eigenvalue weighted by atomic mass is 32.1. The molecule has 3 aromatic carbocycles. The summed E-state index contributed by atoms with van der Waals surface area (Å²) < 4.78 is 40.1. The van der Waals surface area contributed by atoms with E-state index in [4.69, 9.17) is 21.7 Å². The summed E-state index contributed by atoms with van der Waals surface area (Å²) in [5.41, 5.74) is 3.95. The number of hydrogen-bond acceptors (Lipinski definition) is 7. The van der Waals surface area contributed by atoms with Gasteiger partial charge >= 0.3 is 0 Å². The Kier molecular flexibility index (Phi) is 10.2. The number of amides is 1. The number of pyridine rings is 1. The van der Waals surface area contributed by atoms with Crippen LogP contribution >= 0.6 is 23.6 Å². The van der Waals surface area contributed by atoms with E-state index < -0.39 is 5.82 Å². The number of halogens is 2. The zero-order chi connectivity index (χ0) is 31.1. The van der Waals surface area contributed by atoms with Gasteiger partial charge in [-0.05, 0) is 66.2 Å². The van der Waals surface area contributed by atoms with Gasteiger partial charge in [-0.3, -0.25) is 9.78 Å². The summed E-state index contributed by atoms with van der Waals surface area (Å²) in [6.07, 6.45) is 1.65. The summed E-state index contributed by atoms with van der Waals surface area (Å²) in [6.45, 7) is 3.47. The fourth-order valence-corrected chi connectivity index (χ4v) is 5.73. The number of aromatic nitrogens is 1. The van der Waals surface area contributed by atoms with Crippen LogP contribution in [0.3, 0.4) is 0 Å². The van der Waals surface area contributed by atoms with Crippen LogP contribution in [0, 0.1) is 11.6 Å². The Labute approximate surface area is 263 Å². The minimum atomic E-state index is -0.610. The molecule has 0 aliphatic carbocycles. The smallest absolute Gasteiger partial charge is 0.230 e. The first-order chi connectivity index (χ1) is 21.3. The van der Waals surface area contributed by atoms with E-state index >= 15 is 4.39 Å². The number of benzene rings is 3. The van der Waals surface area contributed by atoms with Crippen LogP contribution in [0.1, 0.15) is 18.1 Å². The zero-order valence-corrected chi connectivity index (χ0v) is 25.7. The fourth-order valence-electron chi connectivity index (χ4n) is 4.43. The molecular weight excluding hydrogens is 603 g/mol. The summed E-state index contributed by atoms with van der Waals surface area (Å²) in [6, 6.07) is 22.2. The molecule has 2 heterocycles. The summed E-state index contributed by atoms with van der Waals surface area (Å²) in [4.78, 5) is 17.8. The van der Waals surface area contributed by atoms with Gasteiger partial charge in [0.05, 0.1) is 23.2 Å². The van der Waals surface area contributed by atoms with Crippen molar-refractivity contribution in [3.63, 3.8) is 0 Å². The molecule has 5 aromatic rings. The van der Waals surface area contributed by atoms with Crippen LogP contribution in [-0.4, -0.2) is 35.8 Å². The first kappa shape index (κ1) is 31.1. The number of nitrogens with one attached hydrogen (secondary N) is 3. The predicted molar refractivity (Wildman–Crippen MR) is 174 cm³/mol. The van der Waals surface area contributed by atoms with Gasteiger partial charge in [-0.2, -0.15) is 0 Å². The highest BCUT2D eigenvalue weighted by Gasteiger charge is 2.14. The lowest BCUT2D eigenvalue weighted by atomic mass is 10.1. The van der Waals surface area contributed by atoms with Crippen molar-refractivity contribution in [2.45, 2.75) is 25.9 Å². The van der Waals surface area contributed by atoms with Gasteiger partial charge in [0, 0.05) is 48.6 Å². The van der Waals surface area contributed by atoms with Gasteiger partial charge in [0.25, 0.3) is 0 Å². The van der Waals surface area contributed by atoms with Crippen molar-refractivity contribution in [3.8, 4) is 21.9 Å². The van der Waals surface area contributed by atoms with Crippen molar-refractivity contribution in [1.82, 2.24) is 15.6 Å². The van der Waals surface area contributed by atoms with Gasteiger partial charge in [0.2, 0.25) is 5.91 Å². The van der Waals surface area contributed by atoms with Gasteiger partial charge in [0.1, 0.15) is 11.6 Å². The van der Waals surface area contributed by atoms with E-state index in [0.29, 0.717) is 23.6 Å². The van der Waals surface area contributed by atoms with Crippen LogP contribution in [0.2, 0.25) is 0 Å². The van der Waals surface area contributed by atoms with Crippen molar-refractivity contribution in [2.75, 3.05) is 19.0 Å². The van der Waals surface area contributed by atoms with Crippen molar-refractivity contribution in [3.05, 3.63) is 108 Å². The fraction of sp³-hybridized carbons (Fsp3) is 0.182. The van der Waals surface area contributed by atoms with E-state index in [-0.39, 0.29) is 35.0 Å². The van der Waals surface area contributed by atoms with Crippen molar-refractivity contribution >= 4 is 50.5 Å². The molecule has 0 spiro atoms. The third-order valence-corrected chi connectivity index (χ3v) is 8.02. The Bertz CT molecular complexity index is 1760. The lowest BCUT2D eigenvalue weighted by molar-refractivity contribution is -0.119. The maximum absolute atomic E-state index is 15.1. The van der Waals surface area contributed by atoms with Gasteiger partial charge < -0.3 is 25.4 Å². The Hall–Kier alpha value is -4.29. The Morgan fingerprint density at radius 2 is 1.73 bits per heavy atom. The third kappa shape index (κ3) is 8.20. The number of carbonyl (C=O) groups excluding carboxylic acids is 1. The number of ether oxygens (including phenoxy) is 2. The molecule has 11 heteroatoms. The molecule has 0 radical (unpaired) electrons. The van der Waals surface area contributed by atoms with Crippen LogP contribution in [0.25, 0.3) is 20.7 Å². The minimum Gasteiger partial charge on any atom is -0.453 e. The molecule has 0 fully saturated rings. The van der Waals surface area contributed by atoms with E-state index in [1.54, 1.807) is 25.4 Å². The summed E-state index contributed by atoms with van der Waals surface area (Å²) in [5, 5.41) is 8.78. The Balaban J connectivity index is 1.22. The topological polar surface area (TPSA) is 84.5 Å². The van der Waals surface area contributed by atoms with Crippen molar-refractivity contribution in [2.24, 2.45) is 0 Å². The van der Waals surface area contributed by atoms with E-state index in [1.165, 1.54) is 53.3 Å². The summed E-state index contributed by atoms with van der Waals surface area (Å²) >= 11 is 6.72. The Morgan fingerprint density at radius 1 is 0.977 bits per heavy atom. The number of nitrogens with zero attached hydrogens (tertiary/aromatic N) is 1. The second kappa shape index (κ2) is 14.5. The van der Waals surface area contributed by atoms with Gasteiger partial charge in [-0.25, -0.2) is 8.78 Å². The second-order valence-electron chi connectivity index (χ2n) is 10.1. The molecule has 226 valence electrons. The molecule has 0 unspecified atom stereocenters. The standard InChI is InChI=1S/C33H30F2N4O3S2/c1-20(19-41-2)37-18-22-3-7-23(8-4-22)30-17-27-32(44-30)29(13-14-36-27)42-28-12-11-25(16-26(28)35)38-33(43)39-31(40)15-21-5-9-24(34)10-6-21/h3-14,16-17,20,37H,15,18-19H2,1-2H3,(H2,38,39,40,43)/t20-/m0/s1. The highest BCUT2D eigenvalue weighted by Crippen LogP contribution is 2.39. The molecule has 0 bridgehead atoms. The lowest BCUT2D eigenvalue weighted by Gasteiger charge is -2.12. The largest absolute Gasteiger partial charge is 0.453 e. The van der Waals surface area contributed by atoms with Crippen molar-refractivity contribution < 1.29 is 23.0 Å². The van der Waals surface area contributed by atoms with Crippen LogP contribution in [0.15, 0.2) is 85.1 Å². The first-order valence-corrected chi connectivity index (χ1v) is 15.0. The number of anilines is 1. The molecule has 7 nitrogen and oxygen atoms in total.